The molecule has 0 fully saturated rings. The van der Waals surface area contributed by atoms with Gasteiger partial charge in [-0.05, 0) is 32.4 Å². The Balaban J connectivity index is 3.13. The Morgan fingerprint density at radius 3 is 2.39 bits per heavy atom. The highest BCUT2D eigenvalue weighted by Gasteiger charge is 2.22. The maximum absolute atomic E-state index is 12.0. The first kappa shape index (κ1) is 15.5. The number of hydrogen-bond donors (Lipinski definition) is 1. The van der Waals surface area contributed by atoms with E-state index in [1.54, 1.807) is 26.8 Å². The molecule has 0 amide bonds. The van der Waals surface area contributed by atoms with Gasteiger partial charge >= 0.3 is 10.2 Å². The molecule has 0 unspecified atom stereocenters. The minimum absolute atomic E-state index is 0.0285. The second-order valence-corrected chi connectivity index (χ2v) is 6.62. The van der Waals surface area contributed by atoms with Crippen LogP contribution < -0.4 is 4.72 Å². The Morgan fingerprint density at radius 1 is 1.39 bits per heavy atom. The van der Waals surface area contributed by atoms with E-state index in [-0.39, 0.29) is 22.0 Å². The average molecular weight is 312 g/mol. The molecular weight excluding hydrogens is 297 g/mol. The highest BCUT2D eigenvalue weighted by Crippen LogP contribution is 2.27. The largest absolute Gasteiger partial charge is 0.301 e. The van der Waals surface area contributed by atoms with Crippen LogP contribution >= 0.6 is 23.2 Å². The summed E-state index contributed by atoms with van der Waals surface area (Å²) in [5.74, 6) is 0. The van der Waals surface area contributed by atoms with Crippen molar-refractivity contribution >= 4 is 39.1 Å². The fourth-order valence-corrected chi connectivity index (χ4v) is 3.05. The van der Waals surface area contributed by atoms with Crippen LogP contribution in [-0.4, -0.2) is 30.8 Å². The summed E-state index contributed by atoms with van der Waals surface area (Å²) in [5, 5.41) is 0.249. The van der Waals surface area contributed by atoms with E-state index in [9.17, 15) is 8.42 Å². The van der Waals surface area contributed by atoms with Crippen molar-refractivity contribution in [2.75, 3.05) is 11.8 Å². The van der Waals surface area contributed by atoms with Crippen molar-refractivity contribution in [3.63, 3.8) is 0 Å². The van der Waals surface area contributed by atoms with Gasteiger partial charge in [0.25, 0.3) is 0 Å². The van der Waals surface area contributed by atoms with Gasteiger partial charge in [-0.3, -0.25) is 4.72 Å². The predicted octanol–water partition coefficient (Wildman–Crippen LogP) is 2.69. The zero-order chi connectivity index (χ0) is 14.1. The molecule has 1 aromatic rings. The summed E-state index contributed by atoms with van der Waals surface area (Å²) in [4.78, 5) is 3.81. The van der Waals surface area contributed by atoms with Crippen molar-refractivity contribution in [1.29, 1.82) is 0 Å². The Kier molecular flexibility index (Phi) is 4.83. The summed E-state index contributed by atoms with van der Waals surface area (Å²) in [6.07, 6.45) is 0. The van der Waals surface area contributed by atoms with Crippen molar-refractivity contribution in [2.24, 2.45) is 0 Å². The van der Waals surface area contributed by atoms with Gasteiger partial charge in [-0.25, -0.2) is 4.98 Å². The maximum Gasteiger partial charge on any atom is 0.301 e. The lowest BCUT2D eigenvalue weighted by Crippen LogP contribution is -2.37. The quantitative estimate of drug-likeness (QED) is 0.870. The fraction of sp³-hybridized carbons (Fsp3) is 0.500. The van der Waals surface area contributed by atoms with Crippen LogP contribution in [0.4, 0.5) is 5.69 Å². The van der Waals surface area contributed by atoms with Gasteiger partial charge in [0.15, 0.2) is 5.15 Å². The molecule has 0 aliphatic rings. The summed E-state index contributed by atoms with van der Waals surface area (Å²) in [6, 6.07) is 1.38. The minimum atomic E-state index is -3.65. The second kappa shape index (κ2) is 5.61. The molecule has 5 nitrogen and oxygen atoms in total. The standard InChI is InChI=1S/C10H15Cl2N3O2S/c1-6(2)15(4)18(16,17)14-9-7(3)5-8(11)13-10(9)12/h5-6,14H,1-4H3. The van der Waals surface area contributed by atoms with Crippen LogP contribution in [-0.2, 0) is 10.2 Å². The molecule has 0 aromatic carbocycles. The van der Waals surface area contributed by atoms with Crippen molar-refractivity contribution in [3.8, 4) is 0 Å². The zero-order valence-electron chi connectivity index (χ0n) is 10.5. The van der Waals surface area contributed by atoms with Gasteiger partial charge in [0, 0.05) is 13.1 Å². The van der Waals surface area contributed by atoms with Gasteiger partial charge in [0.1, 0.15) is 5.15 Å². The third-order valence-corrected chi connectivity index (χ3v) is 4.59. The Morgan fingerprint density at radius 2 is 1.94 bits per heavy atom. The van der Waals surface area contributed by atoms with Crippen molar-refractivity contribution in [3.05, 3.63) is 21.9 Å². The van der Waals surface area contributed by atoms with E-state index in [0.29, 0.717) is 5.56 Å². The first-order valence-electron chi connectivity index (χ1n) is 5.23. The highest BCUT2D eigenvalue weighted by atomic mass is 35.5. The summed E-state index contributed by atoms with van der Waals surface area (Å²) in [7, 11) is -2.17. The molecule has 102 valence electrons. The van der Waals surface area contributed by atoms with Crippen LogP contribution in [0.3, 0.4) is 0 Å². The van der Waals surface area contributed by atoms with Crippen LogP contribution in [0.15, 0.2) is 6.07 Å². The summed E-state index contributed by atoms with van der Waals surface area (Å²) < 4.78 is 27.7. The van der Waals surface area contributed by atoms with E-state index in [0.717, 1.165) is 0 Å². The molecule has 0 radical (unpaired) electrons. The first-order chi connectivity index (χ1) is 8.15. The van der Waals surface area contributed by atoms with Gasteiger partial charge in [0.2, 0.25) is 0 Å². The normalized spacial score (nSPS) is 12.2. The molecule has 1 rings (SSSR count). The Hall–Kier alpha value is -0.560. The van der Waals surface area contributed by atoms with Gasteiger partial charge in [-0.15, -0.1) is 0 Å². The number of halogens is 2. The topological polar surface area (TPSA) is 62.3 Å². The summed E-state index contributed by atoms with van der Waals surface area (Å²) >= 11 is 11.6. The number of rotatable bonds is 4. The predicted molar refractivity (Wildman–Crippen MR) is 74.4 cm³/mol. The highest BCUT2D eigenvalue weighted by molar-refractivity contribution is 7.90. The van der Waals surface area contributed by atoms with E-state index in [1.165, 1.54) is 11.4 Å². The van der Waals surface area contributed by atoms with E-state index in [1.807, 2.05) is 0 Å². The number of pyridine rings is 1. The van der Waals surface area contributed by atoms with Crippen molar-refractivity contribution in [1.82, 2.24) is 9.29 Å². The number of anilines is 1. The van der Waals surface area contributed by atoms with E-state index in [4.69, 9.17) is 23.2 Å². The van der Waals surface area contributed by atoms with E-state index in [2.05, 4.69) is 9.71 Å². The fourth-order valence-electron chi connectivity index (χ4n) is 1.20. The van der Waals surface area contributed by atoms with Crippen molar-refractivity contribution < 1.29 is 8.42 Å². The number of aryl methyl sites for hydroxylation is 1. The maximum atomic E-state index is 12.0. The van der Waals surface area contributed by atoms with Gasteiger partial charge in [-0.1, -0.05) is 23.2 Å². The summed E-state index contributed by atoms with van der Waals surface area (Å²) in [6.45, 7) is 5.24. The number of nitrogens with zero attached hydrogens (tertiary/aromatic N) is 2. The minimum Gasteiger partial charge on any atom is -0.268 e. The van der Waals surface area contributed by atoms with E-state index >= 15 is 0 Å². The molecule has 8 heteroatoms. The van der Waals surface area contributed by atoms with E-state index < -0.39 is 10.2 Å². The van der Waals surface area contributed by atoms with Crippen LogP contribution in [0.5, 0.6) is 0 Å². The average Bonchev–Trinajstić information content (AvgIpc) is 2.22. The lowest BCUT2D eigenvalue weighted by Gasteiger charge is -2.22. The third kappa shape index (κ3) is 3.47. The molecule has 0 saturated heterocycles. The monoisotopic (exact) mass is 311 g/mol. The SMILES string of the molecule is Cc1cc(Cl)nc(Cl)c1NS(=O)(=O)N(C)C(C)C. The first-order valence-corrected chi connectivity index (χ1v) is 7.43. The molecule has 0 spiro atoms. The third-order valence-electron chi connectivity index (χ3n) is 2.48. The molecule has 1 heterocycles. The molecule has 0 saturated carbocycles. The van der Waals surface area contributed by atoms with Crippen molar-refractivity contribution in [2.45, 2.75) is 26.8 Å². The molecule has 1 N–H and O–H groups in total. The van der Waals surface area contributed by atoms with Gasteiger partial charge < -0.3 is 0 Å². The zero-order valence-corrected chi connectivity index (χ0v) is 12.9. The van der Waals surface area contributed by atoms with Crippen LogP contribution in [0.1, 0.15) is 19.4 Å². The molecule has 0 bridgehead atoms. The van der Waals surface area contributed by atoms with Crippen LogP contribution in [0, 0.1) is 6.92 Å². The lowest BCUT2D eigenvalue weighted by atomic mass is 10.3. The summed E-state index contributed by atoms with van der Waals surface area (Å²) in [5.41, 5.74) is 0.856. The molecule has 1 aromatic heterocycles. The number of aromatic nitrogens is 1. The molecule has 0 aliphatic carbocycles. The Labute approximate surface area is 117 Å². The van der Waals surface area contributed by atoms with Crippen LogP contribution in [0.25, 0.3) is 0 Å². The lowest BCUT2D eigenvalue weighted by molar-refractivity contribution is 0.414. The second-order valence-electron chi connectivity index (χ2n) is 4.14. The molecule has 0 atom stereocenters. The van der Waals surface area contributed by atoms with Crippen LogP contribution in [0.2, 0.25) is 10.3 Å². The number of nitrogens with one attached hydrogen (secondary N) is 1. The molecular formula is C10H15Cl2N3O2S. The Bertz CT molecular complexity index is 523. The molecule has 18 heavy (non-hydrogen) atoms. The molecule has 0 aliphatic heterocycles. The number of hydrogen-bond acceptors (Lipinski definition) is 3. The smallest absolute Gasteiger partial charge is 0.268 e. The van der Waals surface area contributed by atoms with Gasteiger partial charge in [0.05, 0.1) is 5.69 Å². The van der Waals surface area contributed by atoms with Gasteiger partial charge in [-0.2, -0.15) is 12.7 Å².